The monoisotopic (exact) mass is 1040 g/mol. The molecular weight excluding hydrogens is 925 g/mol. The molecule has 0 aliphatic carbocycles. The third kappa shape index (κ3) is 60.8. The van der Waals surface area contributed by atoms with Gasteiger partial charge < -0.3 is 14.2 Å². The van der Waals surface area contributed by atoms with E-state index < -0.39 is 6.10 Å². The number of unbranched alkanes of at least 4 members (excludes halogenated alkanes) is 27. The number of carbonyl (C=O) groups is 3. The van der Waals surface area contributed by atoms with Gasteiger partial charge in [0.2, 0.25) is 0 Å². The Balaban J connectivity index is 4.21. The topological polar surface area (TPSA) is 78.9 Å². The molecule has 6 nitrogen and oxygen atoms in total. The molecule has 0 spiro atoms. The predicted octanol–water partition coefficient (Wildman–Crippen LogP) is 21.4. The Bertz CT molecular complexity index is 1520. The van der Waals surface area contributed by atoms with Gasteiger partial charge in [-0.2, -0.15) is 0 Å². The molecule has 0 heterocycles. The van der Waals surface area contributed by atoms with E-state index in [9.17, 15) is 14.4 Å². The average Bonchev–Trinajstić information content (AvgIpc) is 3.41. The van der Waals surface area contributed by atoms with E-state index in [0.717, 1.165) is 122 Å². The first kappa shape index (κ1) is 71.1. The maximum atomic E-state index is 12.9. The number of hydrogen-bond acceptors (Lipinski definition) is 6. The number of allylic oxidation sites excluding steroid dienone is 18. The van der Waals surface area contributed by atoms with Gasteiger partial charge in [0.1, 0.15) is 13.2 Å². The lowest BCUT2D eigenvalue weighted by molar-refractivity contribution is -0.167. The highest BCUT2D eigenvalue weighted by molar-refractivity contribution is 5.71. The van der Waals surface area contributed by atoms with Crippen LogP contribution in [-0.4, -0.2) is 37.2 Å². The van der Waals surface area contributed by atoms with E-state index in [2.05, 4.69) is 130 Å². The number of ether oxygens (including phenoxy) is 3. The Kier molecular flexibility index (Phi) is 59.3. The second-order valence-electron chi connectivity index (χ2n) is 20.6. The lowest BCUT2D eigenvalue weighted by atomic mass is 10.0. The summed E-state index contributed by atoms with van der Waals surface area (Å²) < 4.78 is 16.8. The van der Waals surface area contributed by atoms with Gasteiger partial charge in [-0.15, -0.1) is 0 Å². The molecule has 1 atom stereocenters. The van der Waals surface area contributed by atoms with E-state index in [1.807, 2.05) is 0 Å². The second kappa shape index (κ2) is 62.6. The lowest BCUT2D eigenvalue weighted by Gasteiger charge is -2.18. The molecule has 0 saturated heterocycles. The van der Waals surface area contributed by atoms with E-state index in [-0.39, 0.29) is 31.1 Å². The molecule has 0 bridgehead atoms. The van der Waals surface area contributed by atoms with Crippen molar-refractivity contribution in [3.63, 3.8) is 0 Å². The number of rotatable bonds is 56. The summed E-state index contributed by atoms with van der Waals surface area (Å²) in [4.78, 5) is 38.1. The Morgan fingerprint density at radius 2 is 0.520 bits per heavy atom. The summed E-state index contributed by atoms with van der Waals surface area (Å²) in [6, 6.07) is 0. The van der Waals surface area contributed by atoms with Crippen molar-refractivity contribution in [3.05, 3.63) is 109 Å². The van der Waals surface area contributed by atoms with Crippen LogP contribution in [0.5, 0.6) is 0 Å². The van der Waals surface area contributed by atoms with Crippen molar-refractivity contribution < 1.29 is 28.6 Å². The molecule has 0 aliphatic rings. The van der Waals surface area contributed by atoms with Gasteiger partial charge in [-0.05, 0) is 109 Å². The lowest BCUT2D eigenvalue weighted by Crippen LogP contribution is -2.30. The molecule has 0 saturated carbocycles. The average molecular weight is 1040 g/mol. The fraction of sp³-hybridized carbons (Fsp3) is 0.696. The SMILES string of the molecule is CC/C=C\C/C=C\C/C=C\C/C=C\C/C=C\C/C=C\CCCCCCCCC(=O)OCC(COC(=O)CCCCCCCCC)OC(=O)CCCCCCCCCCCC/C=C\C/C=C\C/C=C\CCCCCCC. The van der Waals surface area contributed by atoms with Crippen LogP contribution in [0.15, 0.2) is 109 Å². The molecule has 6 heteroatoms. The highest BCUT2D eigenvalue weighted by Gasteiger charge is 2.19. The molecule has 0 N–H and O–H groups in total. The van der Waals surface area contributed by atoms with Crippen molar-refractivity contribution in [1.29, 1.82) is 0 Å². The summed E-state index contributed by atoms with van der Waals surface area (Å²) in [5.41, 5.74) is 0. The highest BCUT2D eigenvalue weighted by atomic mass is 16.6. The quantitative estimate of drug-likeness (QED) is 0.0261. The van der Waals surface area contributed by atoms with Gasteiger partial charge in [-0.25, -0.2) is 0 Å². The highest BCUT2D eigenvalue weighted by Crippen LogP contribution is 2.15. The second-order valence-corrected chi connectivity index (χ2v) is 20.6. The van der Waals surface area contributed by atoms with Crippen LogP contribution in [0.4, 0.5) is 0 Å². The minimum absolute atomic E-state index is 0.0845. The molecule has 0 fully saturated rings. The summed E-state index contributed by atoms with van der Waals surface area (Å²) in [6.07, 6.45) is 85.4. The Labute approximate surface area is 463 Å². The molecular formula is C69H116O6. The van der Waals surface area contributed by atoms with Gasteiger partial charge in [0.25, 0.3) is 0 Å². The van der Waals surface area contributed by atoms with Gasteiger partial charge in [0.15, 0.2) is 6.10 Å². The molecule has 428 valence electrons. The number of hydrogen-bond donors (Lipinski definition) is 0. The van der Waals surface area contributed by atoms with Crippen LogP contribution in [0, 0.1) is 0 Å². The van der Waals surface area contributed by atoms with Crippen LogP contribution >= 0.6 is 0 Å². The van der Waals surface area contributed by atoms with Gasteiger partial charge in [-0.1, -0.05) is 271 Å². The molecule has 0 aromatic carbocycles. The third-order valence-electron chi connectivity index (χ3n) is 13.3. The van der Waals surface area contributed by atoms with Crippen LogP contribution in [0.3, 0.4) is 0 Å². The molecule has 0 aromatic heterocycles. The van der Waals surface area contributed by atoms with Crippen LogP contribution < -0.4 is 0 Å². The van der Waals surface area contributed by atoms with Crippen molar-refractivity contribution in [2.45, 2.75) is 297 Å². The third-order valence-corrected chi connectivity index (χ3v) is 13.3. The van der Waals surface area contributed by atoms with E-state index in [1.54, 1.807) is 0 Å². The minimum Gasteiger partial charge on any atom is -0.462 e. The van der Waals surface area contributed by atoms with Crippen molar-refractivity contribution in [1.82, 2.24) is 0 Å². The first-order valence-corrected chi connectivity index (χ1v) is 31.4. The first-order chi connectivity index (χ1) is 37.0. The van der Waals surface area contributed by atoms with Gasteiger partial charge in [0.05, 0.1) is 0 Å². The largest absolute Gasteiger partial charge is 0.462 e. The van der Waals surface area contributed by atoms with E-state index in [4.69, 9.17) is 14.2 Å². The van der Waals surface area contributed by atoms with Crippen LogP contribution in [0.1, 0.15) is 290 Å². The summed E-state index contributed by atoms with van der Waals surface area (Å²) in [6.45, 7) is 6.47. The van der Waals surface area contributed by atoms with Crippen LogP contribution in [0.2, 0.25) is 0 Å². The van der Waals surface area contributed by atoms with E-state index >= 15 is 0 Å². The van der Waals surface area contributed by atoms with Gasteiger partial charge in [0, 0.05) is 19.3 Å². The fourth-order valence-corrected chi connectivity index (χ4v) is 8.57. The van der Waals surface area contributed by atoms with E-state index in [0.29, 0.717) is 19.3 Å². The zero-order chi connectivity index (χ0) is 54.3. The Hall–Kier alpha value is -3.93. The molecule has 0 aliphatic heterocycles. The fourth-order valence-electron chi connectivity index (χ4n) is 8.57. The molecule has 1 unspecified atom stereocenters. The maximum absolute atomic E-state index is 12.9. The predicted molar refractivity (Wildman–Crippen MR) is 325 cm³/mol. The number of esters is 3. The zero-order valence-electron chi connectivity index (χ0n) is 49.0. The standard InChI is InChI=1S/C69H116O6/c1-4-7-10-13-16-18-20-22-24-26-28-30-32-34-36-38-40-42-44-46-48-50-53-56-59-62-68(71)74-65-66(64-73-67(70)61-58-55-52-15-12-9-6-3)75-69(72)63-60-57-54-51-49-47-45-43-41-39-37-35-33-31-29-27-25-23-21-19-17-14-11-8-5-2/h7,10,16,18,21-24,27-30,33-36,40,42,66H,4-6,8-9,11-15,17,19-20,25-26,31-32,37-39,41,43-65H2,1-3H3/b10-7-,18-16-,23-21-,24-22-,29-27-,30-28-,35-33-,36-34-,42-40-. The maximum Gasteiger partial charge on any atom is 0.306 e. The summed E-state index contributed by atoms with van der Waals surface area (Å²) in [5.74, 6) is -0.906. The summed E-state index contributed by atoms with van der Waals surface area (Å²) in [7, 11) is 0. The smallest absolute Gasteiger partial charge is 0.306 e. The molecule has 75 heavy (non-hydrogen) atoms. The van der Waals surface area contributed by atoms with Crippen molar-refractivity contribution in [2.24, 2.45) is 0 Å². The zero-order valence-corrected chi connectivity index (χ0v) is 49.0. The molecule has 0 rings (SSSR count). The summed E-state index contributed by atoms with van der Waals surface area (Å²) in [5, 5.41) is 0. The van der Waals surface area contributed by atoms with Gasteiger partial charge in [-0.3, -0.25) is 14.4 Å². The van der Waals surface area contributed by atoms with Crippen molar-refractivity contribution in [2.75, 3.05) is 13.2 Å². The Morgan fingerprint density at radius 3 is 0.813 bits per heavy atom. The van der Waals surface area contributed by atoms with Crippen LogP contribution in [0.25, 0.3) is 0 Å². The molecule has 0 radical (unpaired) electrons. The van der Waals surface area contributed by atoms with Crippen molar-refractivity contribution >= 4 is 17.9 Å². The Morgan fingerprint density at radius 1 is 0.280 bits per heavy atom. The number of carbonyl (C=O) groups excluding carboxylic acids is 3. The normalized spacial score (nSPS) is 12.8. The van der Waals surface area contributed by atoms with Crippen molar-refractivity contribution in [3.8, 4) is 0 Å². The summed E-state index contributed by atoms with van der Waals surface area (Å²) >= 11 is 0. The van der Waals surface area contributed by atoms with Crippen LogP contribution in [-0.2, 0) is 28.6 Å². The van der Waals surface area contributed by atoms with E-state index in [1.165, 1.54) is 128 Å². The molecule has 0 amide bonds. The molecule has 0 aromatic rings. The first-order valence-electron chi connectivity index (χ1n) is 31.4. The van der Waals surface area contributed by atoms with Gasteiger partial charge >= 0.3 is 17.9 Å². The minimum atomic E-state index is -0.786.